The number of cyclic esters (lactones) is 1. The van der Waals surface area contributed by atoms with Gasteiger partial charge < -0.3 is 14.7 Å². The van der Waals surface area contributed by atoms with E-state index in [2.05, 4.69) is 0 Å². The second-order valence-corrected chi connectivity index (χ2v) is 4.34. The molecule has 0 bridgehead atoms. The molecule has 1 atom stereocenters. The Morgan fingerprint density at radius 2 is 2.11 bits per heavy atom. The van der Waals surface area contributed by atoms with Crippen molar-refractivity contribution < 1.29 is 19.4 Å². The molecule has 0 aliphatic carbocycles. The van der Waals surface area contributed by atoms with Gasteiger partial charge in [0.2, 0.25) is 0 Å². The van der Waals surface area contributed by atoms with Crippen LogP contribution in [-0.2, 0) is 16.1 Å². The molecule has 1 aliphatic heterocycles. The molecule has 5 nitrogen and oxygen atoms in total. The lowest BCUT2D eigenvalue weighted by molar-refractivity contribution is -0.138. The van der Waals surface area contributed by atoms with Crippen LogP contribution in [0, 0.1) is 0 Å². The normalized spacial score (nSPS) is 16.5. The zero-order chi connectivity index (χ0) is 13.1. The average Bonchev–Trinajstić information content (AvgIpc) is 2.75. The minimum absolute atomic E-state index is 0.294. The van der Waals surface area contributed by atoms with Gasteiger partial charge in [-0.25, -0.2) is 4.79 Å². The quantitative estimate of drug-likeness (QED) is 0.884. The van der Waals surface area contributed by atoms with E-state index in [1.165, 1.54) is 0 Å². The number of benzene rings is 1. The Labute approximate surface area is 105 Å². The van der Waals surface area contributed by atoms with Crippen LogP contribution in [0.25, 0.3) is 0 Å². The van der Waals surface area contributed by atoms with Crippen molar-refractivity contribution in [3.05, 3.63) is 35.4 Å². The summed E-state index contributed by atoms with van der Waals surface area (Å²) in [6, 6.07) is 7.27. The van der Waals surface area contributed by atoms with Crippen molar-refractivity contribution in [2.24, 2.45) is 0 Å². The van der Waals surface area contributed by atoms with E-state index in [0.717, 1.165) is 11.1 Å². The lowest BCUT2D eigenvalue weighted by atomic mass is 10.00. The van der Waals surface area contributed by atoms with Crippen LogP contribution >= 0.6 is 0 Å². The first-order valence-corrected chi connectivity index (χ1v) is 5.81. The Kier molecular flexibility index (Phi) is 3.50. The minimum Gasteiger partial charge on any atom is -0.481 e. The largest absolute Gasteiger partial charge is 0.481 e. The van der Waals surface area contributed by atoms with Crippen molar-refractivity contribution in [3.63, 3.8) is 0 Å². The summed E-state index contributed by atoms with van der Waals surface area (Å²) >= 11 is 0. The van der Waals surface area contributed by atoms with Crippen LogP contribution in [0.1, 0.15) is 24.0 Å². The van der Waals surface area contributed by atoms with Crippen molar-refractivity contribution in [2.75, 3.05) is 13.2 Å². The molecule has 1 heterocycles. The Balaban J connectivity index is 2.03. The molecule has 5 heteroatoms. The van der Waals surface area contributed by atoms with E-state index >= 15 is 0 Å². The van der Waals surface area contributed by atoms with E-state index < -0.39 is 11.9 Å². The van der Waals surface area contributed by atoms with Gasteiger partial charge in [0.25, 0.3) is 0 Å². The molecule has 1 aliphatic rings. The van der Waals surface area contributed by atoms with Gasteiger partial charge in [-0.15, -0.1) is 0 Å². The molecular formula is C13H15NO4. The van der Waals surface area contributed by atoms with Crippen LogP contribution in [0.4, 0.5) is 4.79 Å². The molecule has 1 unspecified atom stereocenters. The number of hydrogen-bond acceptors (Lipinski definition) is 3. The molecule has 1 aromatic rings. The van der Waals surface area contributed by atoms with Gasteiger partial charge in [0, 0.05) is 6.54 Å². The third kappa shape index (κ3) is 2.61. The Morgan fingerprint density at radius 3 is 2.61 bits per heavy atom. The van der Waals surface area contributed by atoms with E-state index in [1.807, 2.05) is 12.1 Å². The second kappa shape index (κ2) is 5.08. The molecule has 1 fully saturated rings. The number of nitrogens with zero attached hydrogens (tertiary/aromatic N) is 1. The molecular weight excluding hydrogens is 234 g/mol. The van der Waals surface area contributed by atoms with Gasteiger partial charge in [-0.3, -0.25) is 4.79 Å². The standard InChI is InChI=1S/C13H15NO4/c1-9(12(15)16)11-4-2-10(3-5-11)8-14-6-7-18-13(14)17/h2-5,9H,6-8H2,1H3,(H,15,16). The lowest BCUT2D eigenvalue weighted by Crippen LogP contribution is -2.23. The molecule has 0 saturated carbocycles. The molecule has 1 saturated heterocycles. The van der Waals surface area contributed by atoms with Crippen LogP contribution in [0.15, 0.2) is 24.3 Å². The van der Waals surface area contributed by atoms with E-state index in [9.17, 15) is 9.59 Å². The van der Waals surface area contributed by atoms with E-state index in [4.69, 9.17) is 9.84 Å². The van der Waals surface area contributed by atoms with Crippen LogP contribution < -0.4 is 0 Å². The number of ether oxygens (including phenoxy) is 1. The first-order valence-electron chi connectivity index (χ1n) is 5.81. The van der Waals surface area contributed by atoms with Crippen LogP contribution in [0.5, 0.6) is 0 Å². The first kappa shape index (κ1) is 12.4. The summed E-state index contributed by atoms with van der Waals surface area (Å²) in [4.78, 5) is 23.7. The number of amides is 1. The van der Waals surface area contributed by atoms with E-state index in [1.54, 1.807) is 24.0 Å². The maximum Gasteiger partial charge on any atom is 0.410 e. The third-order valence-electron chi connectivity index (χ3n) is 3.07. The SMILES string of the molecule is CC(C(=O)O)c1ccc(CN2CCOC2=O)cc1. The van der Waals surface area contributed by atoms with Gasteiger partial charge in [-0.2, -0.15) is 0 Å². The van der Waals surface area contributed by atoms with Crippen molar-refractivity contribution in [1.29, 1.82) is 0 Å². The van der Waals surface area contributed by atoms with Gasteiger partial charge in [-0.1, -0.05) is 24.3 Å². The van der Waals surface area contributed by atoms with Gasteiger partial charge in [0.15, 0.2) is 0 Å². The summed E-state index contributed by atoms with van der Waals surface area (Å²) in [7, 11) is 0. The summed E-state index contributed by atoms with van der Waals surface area (Å²) < 4.78 is 4.84. The number of carbonyl (C=O) groups is 2. The number of carboxylic acids is 1. The predicted octanol–water partition coefficient (Wildman–Crippen LogP) is 1.83. The third-order valence-corrected chi connectivity index (χ3v) is 3.07. The molecule has 0 aromatic heterocycles. The molecule has 96 valence electrons. The number of aliphatic carboxylic acids is 1. The van der Waals surface area contributed by atoms with Gasteiger partial charge in [0.1, 0.15) is 6.61 Å². The summed E-state index contributed by atoms with van der Waals surface area (Å²) in [5.74, 6) is -1.36. The summed E-state index contributed by atoms with van der Waals surface area (Å²) in [5.41, 5.74) is 1.73. The molecule has 0 spiro atoms. The zero-order valence-electron chi connectivity index (χ0n) is 10.1. The molecule has 0 radical (unpaired) electrons. The number of carboxylic acid groups (broad SMARTS) is 1. The van der Waals surface area contributed by atoms with E-state index in [0.29, 0.717) is 19.7 Å². The van der Waals surface area contributed by atoms with Gasteiger partial charge >= 0.3 is 12.1 Å². The highest BCUT2D eigenvalue weighted by Crippen LogP contribution is 2.17. The first-order chi connectivity index (χ1) is 8.58. The Morgan fingerprint density at radius 1 is 1.44 bits per heavy atom. The van der Waals surface area contributed by atoms with Crippen LogP contribution in [0.2, 0.25) is 0 Å². The monoisotopic (exact) mass is 249 g/mol. The van der Waals surface area contributed by atoms with Gasteiger partial charge in [-0.05, 0) is 18.1 Å². The van der Waals surface area contributed by atoms with Crippen molar-refractivity contribution in [2.45, 2.75) is 19.4 Å². The highest BCUT2D eigenvalue weighted by molar-refractivity contribution is 5.75. The van der Waals surface area contributed by atoms with Crippen LogP contribution in [-0.4, -0.2) is 35.2 Å². The van der Waals surface area contributed by atoms with Crippen molar-refractivity contribution >= 4 is 12.1 Å². The van der Waals surface area contributed by atoms with Crippen molar-refractivity contribution in [3.8, 4) is 0 Å². The number of hydrogen-bond donors (Lipinski definition) is 1. The highest BCUT2D eigenvalue weighted by Gasteiger charge is 2.21. The minimum atomic E-state index is -0.842. The van der Waals surface area contributed by atoms with Crippen LogP contribution in [0.3, 0.4) is 0 Å². The summed E-state index contributed by atoms with van der Waals surface area (Å²) in [5, 5.41) is 8.90. The lowest BCUT2D eigenvalue weighted by Gasteiger charge is -2.13. The molecule has 1 aromatic carbocycles. The number of carbonyl (C=O) groups excluding carboxylic acids is 1. The molecule has 18 heavy (non-hydrogen) atoms. The second-order valence-electron chi connectivity index (χ2n) is 4.34. The Hall–Kier alpha value is -2.04. The maximum atomic E-state index is 11.3. The van der Waals surface area contributed by atoms with E-state index in [-0.39, 0.29) is 6.09 Å². The topological polar surface area (TPSA) is 66.8 Å². The molecule has 1 amide bonds. The number of rotatable bonds is 4. The highest BCUT2D eigenvalue weighted by atomic mass is 16.6. The van der Waals surface area contributed by atoms with Crippen molar-refractivity contribution in [1.82, 2.24) is 4.90 Å². The average molecular weight is 249 g/mol. The van der Waals surface area contributed by atoms with Gasteiger partial charge in [0.05, 0.1) is 12.5 Å². The fourth-order valence-electron chi connectivity index (χ4n) is 1.84. The fourth-order valence-corrected chi connectivity index (χ4v) is 1.84. The predicted molar refractivity (Wildman–Crippen MR) is 64.3 cm³/mol. The summed E-state index contributed by atoms with van der Waals surface area (Å²) in [6.45, 7) is 3.19. The fraction of sp³-hybridized carbons (Fsp3) is 0.385. The zero-order valence-corrected chi connectivity index (χ0v) is 10.1. The smallest absolute Gasteiger partial charge is 0.410 e. The maximum absolute atomic E-state index is 11.3. The summed E-state index contributed by atoms with van der Waals surface area (Å²) in [6.07, 6.45) is -0.294. The molecule has 1 N–H and O–H groups in total. The Bertz CT molecular complexity index is 455. The molecule has 2 rings (SSSR count).